The highest BCUT2D eigenvalue weighted by Crippen LogP contribution is 2.28. The third-order valence-corrected chi connectivity index (χ3v) is 2.50. The second kappa shape index (κ2) is 5.81. The van der Waals surface area contributed by atoms with E-state index in [0.717, 1.165) is 0 Å². The van der Waals surface area contributed by atoms with E-state index in [9.17, 15) is 9.59 Å². The highest BCUT2D eigenvalue weighted by Gasteiger charge is 2.40. The third-order valence-electron chi connectivity index (χ3n) is 2.23. The summed E-state index contributed by atoms with van der Waals surface area (Å²) >= 11 is 5.52. The standard InChI is InChI=1S/C10H15ClO3/c1-4-10(8(2)12,6-5-7-11)9(13)14-3/h4H,1,5-7H2,2-3H3. The maximum atomic E-state index is 11.5. The predicted octanol–water partition coefficient (Wildman–Crippen LogP) is 1.94. The molecule has 0 amide bonds. The molecule has 0 heterocycles. The zero-order valence-corrected chi connectivity index (χ0v) is 9.26. The minimum absolute atomic E-state index is 0.260. The Hall–Kier alpha value is -0.830. The van der Waals surface area contributed by atoms with E-state index in [0.29, 0.717) is 18.7 Å². The average molecular weight is 219 g/mol. The van der Waals surface area contributed by atoms with Gasteiger partial charge in [-0.15, -0.1) is 18.2 Å². The van der Waals surface area contributed by atoms with Gasteiger partial charge in [0.25, 0.3) is 0 Å². The van der Waals surface area contributed by atoms with Crippen LogP contribution < -0.4 is 0 Å². The molecule has 3 nitrogen and oxygen atoms in total. The molecule has 0 rings (SSSR count). The first-order chi connectivity index (χ1) is 6.55. The molecule has 80 valence electrons. The summed E-state index contributed by atoms with van der Waals surface area (Å²) in [6.07, 6.45) is 2.26. The Bertz CT molecular complexity index is 238. The van der Waals surface area contributed by atoms with Crippen molar-refractivity contribution in [1.82, 2.24) is 0 Å². The van der Waals surface area contributed by atoms with E-state index in [2.05, 4.69) is 11.3 Å². The molecule has 0 radical (unpaired) electrons. The molecule has 14 heavy (non-hydrogen) atoms. The monoisotopic (exact) mass is 218 g/mol. The van der Waals surface area contributed by atoms with Crippen molar-refractivity contribution in [3.05, 3.63) is 12.7 Å². The van der Waals surface area contributed by atoms with Gasteiger partial charge in [-0.3, -0.25) is 9.59 Å². The van der Waals surface area contributed by atoms with Gasteiger partial charge in [0.1, 0.15) is 5.41 Å². The van der Waals surface area contributed by atoms with Gasteiger partial charge in [0.15, 0.2) is 5.78 Å². The Morgan fingerprint density at radius 1 is 1.57 bits per heavy atom. The molecule has 0 saturated carbocycles. The van der Waals surface area contributed by atoms with Crippen molar-refractivity contribution in [2.24, 2.45) is 5.41 Å². The topological polar surface area (TPSA) is 43.4 Å². The molecular formula is C10H15ClO3. The lowest BCUT2D eigenvalue weighted by Crippen LogP contribution is -2.37. The molecule has 0 aliphatic rings. The minimum atomic E-state index is -1.22. The number of hydrogen-bond acceptors (Lipinski definition) is 3. The van der Waals surface area contributed by atoms with Gasteiger partial charge >= 0.3 is 5.97 Å². The summed E-state index contributed by atoms with van der Waals surface area (Å²) in [6.45, 7) is 4.87. The number of rotatable bonds is 6. The quantitative estimate of drug-likeness (QED) is 0.296. The van der Waals surface area contributed by atoms with Crippen LogP contribution in [0.15, 0.2) is 12.7 Å². The summed E-state index contributed by atoms with van der Waals surface area (Å²) in [7, 11) is 1.25. The van der Waals surface area contributed by atoms with Crippen molar-refractivity contribution < 1.29 is 14.3 Å². The molecule has 0 spiro atoms. The van der Waals surface area contributed by atoms with Crippen molar-refractivity contribution in [1.29, 1.82) is 0 Å². The van der Waals surface area contributed by atoms with E-state index >= 15 is 0 Å². The highest BCUT2D eigenvalue weighted by atomic mass is 35.5. The zero-order valence-electron chi connectivity index (χ0n) is 8.51. The number of carbonyl (C=O) groups is 2. The summed E-state index contributed by atoms with van der Waals surface area (Å²) in [4.78, 5) is 22.8. The average Bonchev–Trinajstić information content (AvgIpc) is 2.18. The Balaban J connectivity index is 4.88. The van der Waals surface area contributed by atoms with Gasteiger partial charge in [0.2, 0.25) is 0 Å². The van der Waals surface area contributed by atoms with Gasteiger partial charge < -0.3 is 4.74 Å². The highest BCUT2D eigenvalue weighted by molar-refractivity contribution is 6.17. The van der Waals surface area contributed by atoms with E-state index in [1.165, 1.54) is 20.1 Å². The maximum Gasteiger partial charge on any atom is 0.323 e. The third kappa shape index (κ3) is 2.58. The summed E-state index contributed by atoms with van der Waals surface area (Å²) in [5.74, 6) is -0.422. The molecule has 1 unspecified atom stereocenters. The van der Waals surface area contributed by atoms with Crippen LogP contribution in [0.2, 0.25) is 0 Å². The minimum Gasteiger partial charge on any atom is -0.468 e. The fraction of sp³-hybridized carbons (Fsp3) is 0.600. The number of ether oxygens (including phenoxy) is 1. The van der Waals surface area contributed by atoms with Crippen LogP contribution >= 0.6 is 11.6 Å². The predicted molar refractivity (Wildman–Crippen MR) is 55.3 cm³/mol. The maximum absolute atomic E-state index is 11.5. The Labute approximate surface area is 89.1 Å². The number of Topliss-reactive ketones (excluding diaryl/α,β-unsaturated/α-hetero) is 1. The zero-order chi connectivity index (χ0) is 11.2. The van der Waals surface area contributed by atoms with Crippen molar-refractivity contribution in [2.45, 2.75) is 19.8 Å². The largest absolute Gasteiger partial charge is 0.468 e. The van der Waals surface area contributed by atoms with E-state index < -0.39 is 11.4 Å². The molecule has 0 aromatic rings. The Morgan fingerprint density at radius 2 is 2.14 bits per heavy atom. The van der Waals surface area contributed by atoms with Crippen molar-refractivity contribution in [2.75, 3.05) is 13.0 Å². The van der Waals surface area contributed by atoms with Gasteiger partial charge in [-0.1, -0.05) is 6.08 Å². The fourth-order valence-corrected chi connectivity index (χ4v) is 1.41. The number of halogens is 1. The first-order valence-corrected chi connectivity index (χ1v) is 4.87. The van der Waals surface area contributed by atoms with Crippen LogP contribution in [0.4, 0.5) is 0 Å². The fourth-order valence-electron chi connectivity index (χ4n) is 1.28. The molecule has 1 atom stereocenters. The summed E-state index contributed by atoms with van der Waals surface area (Å²) in [6, 6.07) is 0. The van der Waals surface area contributed by atoms with E-state index in [-0.39, 0.29) is 5.78 Å². The molecule has 0 aromatic heterocycles. The number of methoxy groups -OCH3 is 1. The molecule has 0 fully saturated rings. The summed E-state index contributed by atoms with van der Waals surface area (Å²) in [5, 5.41) is 0. The second-order valence-electron chi connectivity index (χ2n) is 3.02. The molecule has 0 N–H and O–H groups in total. The van der Waals surface area contributed by atoms with Crippen LogP contribution in [-0.2, 0) is 14.3 Å². The van der Waals surface area contributed by atoms with Gasteiger partial charge in [-0.25, -0.2) is 0 Å². The van der Waals surface area contributed by atoms with Crippen LogP contribution in [-0.4, -0.2) is 24.7 Å². The van der Waals surface area contributed by atoms with Crippen molar-refractivity contribution >= 4 is 23.4 Å². The summed E-state index contributed by atoms with van der Waals surface area (Å²) < 4.78 is 4.59. The van der Waals surface area contributed by atoms with E-state index in [4.69, 9.17) is 11.6 Å². The number of hydrogen-bond donors (Lipinski definition) is 0. The Kier molecular flexibility index (Phi) is 5.46. The first-order valence-electron chi connectivity index (χ1n) is 4.34. The van der Waals surface area contributed by atoms with Gasteiger partial charge in [0.05, 0.1) is 7.11 Å². The molecule has 0 aliphatic heterocycles. The molecule has 0 saturated heterocycles. The number of carbonyl (C=O) groups excluding carboxylic acids is 2. The van der Waals surface area contributed by atoms with Crippen LogP contribution in [0.25, 0.3) is 0 Å². The number of alkyl halides is 1. The second-order valence-corrected chi connectivity index (χ2v) is 3.39. The van der Waals surface area contributed by atoms with Crippen LogP contribution in [0.3, 0.4) is 0 Å². The van der Waals surface area contributed by atoms with Crippen LogP contribution in [0, 0.1) is 5.41 Å². The lowest BCUT2D eigenvalue weighted by Gasteiger charge is -2.23. The van der Waals surface area contributed by atoms with Crippen molar-refractivity contribution in [3.63, 3.8) is 0 Å². The number of esters is 1. The summed E-state index contributed by atoms with van der Waals surface area (Å²) in [5.41, 5.74) is -1.22. The van der Waals surface area contributed by atoms with E-state index in [1.807, 2.05) is 0 Å². The lowest BCUT2D eigenvalue weighted by molar-refractivity contribution is -0.154. The van der Waals surface area contributed by atoms with Crippen LogP contribution in [0.5, 0.6) is 0 Å². The molecule has 0 bridgehead atoms. The van der Waals surface area contributed by atoms with Gasteiger partial charge in [0, 0.05) is 5.88 Å². The smallest absolute Gasteiger partial charge is 0.323 e. The van der Waals surface area contributed by atoms with Crippen LogP contribution in [0.1, 0.15) is 19.8 Å². The molecule has 0 aliphatic carbocycles. The normalized spacial score (nSPS) is 14.2. The van der Waals surface area contributed by atoms with Gasteiger partial charge in [-0.2, -0.15) is 0 Å². The first kappa shape index (κ1) is 13.2. The van der Waals surface area contributed by atoms with E-state index in [1.54, 1.807) is 0 Å². The van der Waals surface area contributed by atoms with Crippen molar-refractivity contribution in [3.8, 4) is 0 Å². The van der Waals surface area contributed by atoms with Gasteiger partial charge in [-0.05, 0) is 19.8 Å². The molecule has 0 aromatic carbocycles. The molecular weight excluding hydrogens is 204 g/mol. The lowest BCUT2D eigenvalue weighted by atomic mass is 9.80. The Morgan fingerprint density at radius 3 is 2.43 bits per heavy atom. The molecule has 4 heteroatoms. The SMILES string of the molecule is C=CC(CCCCl)(C(C)=O)C(=O)OC. The number of ketones is 1.